The van der Waals surface area contributed by atoms with Crippen molar-refractivity contribution < 1.29 is 4.79 Å². The zero-order chi connectivity index (χ0) is 20.8. The van der Waals surface area contributed by atoms with E-state index in [2.05, 4.69) is 49.1 Å². The van der Waals surface area contributed by atoms with Crippen molar-refractivity contribution >= 4 is 28.6 Å². The topological polar surface area (TPSA) is 88.5 Å². The summed E-state index contributed by atoms with van der Waals surface area (Å²) < 4.78 is 2.07. The average molecular weight is 421 g/mol. The van der Waals surface area contributed by atoms with Gasteiger partial charge in [0.25, 0.3) is 0 Å². The number of para-hydroxylation sites is 1. The standard InChI is InChI=1S/C22H24N6OS/c1-2-13-28-21(16-7-10-23-11-8-16)26-27-22(28)30-15-20(29)24-12-9-17-14-25-19-6-4-3-5-18(17)19/h3-8,10-11,14,25H,2,9,12-13,15H2,1H3,(H,24,29). The summed E-state index contributed by atoms with van der Waals surface area (Å²) in [6, 6.07) is 12.0. The molecule has 0 radical (unpaired) electrons. The molecule has 0 aliphatic heterocycles. The molecule has 7 nitrogen and oxygen atoms in total. The SMILES string of the molecule is CCCn1c(SCC(=O)NCCc2c[nH]c3ccccc23)nnc1-c1ccncc1. The molecule has 30 heavy (non-hydrogen) atoms. The largest absolute Gasteiger partial charge is 0.361 e. The first kappa shape index (κ1) is 20.2. The minimum Gasteiger partial charge on any atom is -0.361 e. The fourth-order valence-electron chi connectivity index (χ4n) is 3.39. The number of amides is 1. The van der Waals surface area contributed by atoms with Gasteiger partial charge in [-0.05, 0) is 36.6 Å². The Morgan fingerprint density at radius 1 is 1.17 bits per heavy atom. The molecule has 3 aromatic heterocycles. The molecule has 0 fully saturated rings. The van der Waals surface area contributed by atoms with Crippen LogP contribution in [-0.2, 0) is 17.8 Å². The van der Waals surface area contributed by atoms with Gasteiger partial charge in [0.2, 0.25) is 5.91 Å². The van der Waals surface area contributed by atoms with Crippen molar-refractivity contribution in [2.45, 2.75) is 31.5 Å². The number of H-pyrrole nitrogens is 1. The van der Waals surface area contributed by atoms with Gasteiger partial charge < -0.3 is 14.9 Å². The van der Waals surface area contributed by atoms with E-state index in [1.54, 1.807) is 12.4 Å². The summed E-state index contributed by atoms with van der Waals surface area (Å²) >= 11 is 1.42. The van der Waals surface area contributed by atoms with E-state index in [0.29, 0.717) is 12.3 Å². The predicted molar refractivity (Wildman–Crippen MR) is 119 cm³/mol. The number of carbonyl (C=O) groups is 1. The first-order chi connectivity index (χ1) is 14.8. The van der Waals surface area contributed by atoms with Crippen LogP contribution in [0.15, 0.2) is 60.1 Å². The Bertz CT molecular complexity index is 1120. The van der Waals surface area contributed by atoms with E-state index < -0.39 is 0 Å². The van der Waals surface area contributed by atoms with Gasteiger partial charge in [0, 0.05) is 48.1 Å². The molecule has 0 aliphatic rings. The van der Waals surface area contributed by atoms with Crippen molar-refractivity contribution in [2.24, 2.45) is 0 Å². The Balaban J connectivity index is 1.33. The Morgan fingerprint density at radius 2 is 2.00 bits per heavy atom. The molecule has 4 aromatic rings. The van der Waals surface area contributed by atoms with E-state index in [9.17, 15) is 4.79 Å². The number of benzene rings is 1. The minimum absolute atomic E-state index is 0.00338. The maximum absolute atomic E-state index is 12.3. The maximum Gasteiger partial charge on any atom is 0.230 e. The van der Waals surface area contributed by atoms with Gasteiger partial charge in [-0.2, -0.15) is 0 Å². The number of aromatic amines is 1. The lowest BCUT2D eigenvalue weighted by atomic mass is 10.1. The third-order valence-electron chi connectivity index (χ3n) is 4.83. The first-order valence-electron chi connectivity index (χ1n) is 10.0. The van der Waals surface area contributed by atoms with Crippen LogP contribution >= 0.6 is 11.8 Å². The van der Waals surface area contributed by atoms with Crippen LogP contribution in [0.2, 0.25) is 0 Å². The van der Waals surface area contributed by atoms with Crippen LogP contribution < -0.4 is 5.32 Å². The van der Waals surface area contributed by atoms with E-state index in [4.69, 9.17) is 0 Å². The van der Waals surface area contributed by atoms with Crippen LogP contribution in [0.5, 0.6) is 0 Å². The van der Waals surface area contributed by atoms with Crippen molar-refractivity contribution in [3.63, 3.8) is 0 Å². The number of pyridine rings is 1. The summed E-state index contributed by atoms with van der Waals surface area (Å²) in [5.41, 5.74) is 3.30. The summed E-state index contributed by atoms with van der Waals surface area (Å²) in [5, 5.41) is 13.6. The van der Waals surface area contributed by atoms with Gasteiger partial charge in [-0.15, -0.1) is 10.2 Å². The van der Waals surface area contributed by atoms with E-state index in [1.165, 1.54) is 22.7 Å². The van der Waals surface area contributed by atoms with E-state index in [1.807, 2.05) is 30.5 Å². The van der Waals surface area contributed by atoms with Crippen LogP contribution in [0.4, 0.5) is 0 Å². The number of nitrogens with one attached hydrogen (secondary N) is 2. The van der Waals surface area contributed by atoms with E-state index in [0.717, 1.165) is 41.4 Å². The summed E-state index contributed by atoms with van der Waals surface area (Å²) in [4.78, 5) is 19.7. The molecule has 0 atom stereocenters. The zero-order valence-electron chi connectivity index (χ0n) is 16.8. The van der Waals surface area contributed by atoms with E-state index in [-0.39, 0.29) is 5.91 Å². The Kier molecular flexibility index (Phi) is 6.44. The van der Waals surface area contributed by atoms with Crippen LogP contribution in [0.1, 0.15) is 18.9 Å². The Labute approximate surface area is 179 Å². The van der Waals surface area contributed by atoms with Crippen molar-refractivity contribution in [1.29, 1.82) is 0 Å². The third-order valence-corrected chi connectivity index (χ3v) is 5.79. The predicted octanol–water partition coefficient (Wildman–Crippen LogP) is 3.68. The minimum atomic E-state index is -0.00338. The van der Waals surface area contributed by atoms with Gasteiger partial charge in [-0.1, -0.05) is 36.9 Å². The summed E-state index contributed by atoms with van der Waals surface area (Å²) in [6.07, 6.45) is 7.25. The number of thioether (sulfide) groups is 1. The van der Waals surface area contributed by atoms with Crippen molar-refractivity contribution in [3.05, 3.63) is 60.6 Å². The summed E-state index contributed by atoms with van der Waals surface area (Å²) in [5.74, 6) is 1.12. The lowest BCUT2D eigenvalue weighted by Crippen LogP contribution is -2.27. The van der Waals surface area contributed by atoms with Gasteiger partial charge in [0.1, 0.15) is 0 Å². The molecule has 8 heteroatoms. The van der Waals surface area contributed by atoms with Crippen LogP contribution in [-0.4, -0.2) is 42.9 Å². The molecule has 1 amide bonds. The molecule has 154 valence electrons. The molecule has 4 rings (SSSR count). The quantitative estimate of drug-likeness (QED) is 0.403. The second kappa shape index (κ2) is 9.58. The lowest BCUT2D eigenvalue weighted by Gasteiger charge is -2.09. The van der Waals surface area contributed by atoms with Crippen LogP contribution in [0.3, 0.4) is 0 Å². The second-order valence-electron chi connectivity index (χ2n) is 6.94. The van der Waals surface area contributed by atoms with Crippen LogP contribution in [0, 0.1) is 0 Å². The fraction of sp³-hybridized carbons (Fsp3) is 0.273. The van der Waals surface area contributed by atoms with Crippen molar-refractivity contribution in [2.75, 3.05) is 12.3 Å². The molecule has 1 aromatic carbocycles. The average Bonchev–Trinajstić information content (AvgIpc) is 3.37. The molecule has 0 bridgehead atoms. The van der Waals surface area contributed by atoms with E-state index >= 15 is 0 Å². The molecule has 0 aliphatic carbocycles. The first-order valence-corrected chi connectivity index (χ1v) is 11.0. The highest BCUT2D eigenvalue weighted by atomic mass is 32.2. The number of fused-ring (bicyclic) bond motifs is 1. The normalized spacial score (nSPS) is 11.1. The molecule has 3 heterocycles. The van der Waals surface area contributed by atoms with Gasteiger partial charge in [-0.25, -0.2) is 0 Å². The molecule has 2 N–H and O–H groups in total. The monoisotopic (exact) mass is 420 g/mol. The van der Waals surface area contributed by atoms with Crippen molar-refractivity contribution in [1.82, 2.24) is 30.0 Å². The summed E-state index contributed by atoms with van der Waals surface area (Å²) in [7, 11) is 0. The number of aromatic nitrogens is 5. The fourth-order valence-corrected chi connectivity index (χ4v) is 4.19. The van der Waals surface area contributed by atoms with Gasteiger partial charge in [-0.3, -0.25) is 9.78 Å². The van der Waals surface area contributed by atoms with Gasteiger partial charge in [0.05, 0.1) is 5.75 Å². The second-order valence-corrected chi connectivity index (χ2v) is 7.88. The lowest BCUT2D eigenvalue weighted by molar-refractivity contribution is -0.118. The number of hydrogen-bond donors (Lipinski definition) is 2. The third kappa shape index (κ3) is 4.54. The molecular formula is C22H24N6OS. The highest BCUT2D eigenvalue weighted by molar-refractivity contribution is 7.99. The smallest absolute Gasteiger partial charge is 0.230 e. The number of hydrogen-bond acceptors (Lipinski definition) is 5. The molecule has 0 unspecified atom stereocenters. The maximum atomic E-state index is 12.3. The van der Waals surface area contributed by atoms with Crippen LogP contribution in [0.25, 0.3) is 22.3 Å². The zero-order valence-corrected chi connectivity index (χ0v) is 17.7. The Morgan fingerprint density at radius 3 is 2.83 bits per heavy atom. The Hall–Kier alpha value is -3.13. The highest BCUT2D eigenvalue weighted by Gasteiger charge is 2.15. The number of nitrogens with zero attached hydrogens (tertiary/aromatic N) is 4. The molecule has 0 saturated heterocycles. The number of rotatable bonds is 9. The highest BCUT2D eigenvalue weighted by Crippen LogP contribution is 2.24. The number of carbonyl (C=O) groups excluding carboxylic acids is 1. The van der Waals surface area contributed by atoms with Gasteiger partial charge in [0.15, 0.2) is 11.0 Å². The van der Waals surface area contributed by atoms with Gasteiger partial charge >= 0.3 is 0 Å². The van der Waals surface area contributed by atoms with Crippen molar-refractivity contribution in [3.8, 4) is 11.4 Å². The summed E-state index contributed by atoms with van der Waals surface area (Å²) in [6.45, 7) is 3.52. The molecular weight excluding hydrogens is 396 g/mol. The molecule has 0 saturated carbocycles. The molecule has 0 spiro atoms.